The Labute approximate surface area is 201 Å². The first-order valence-electron chi connectivity index (χ1n) is 12.4. The van der Waals surface area contributed by atoms with Crippen LogP contribution in [0.5, 0.6) is 0 Å². The zero-order chi connectivity index (χ0) is 24.4. The lowest BCUT2D eigenvalue weighted by Crippen LogP contribution is -2.43. The molecule has 0 saturated heterocycles. The molecule has 6 heteroatoms. The molecule has 3 atom stereocenters. The minimum atomic E-state index is -0.879. The van der Waals surface area contributed by atoms with Crippen molar-refractivity contribution in [3.63, 3.8) is 0 Å². The second kappa shape index (κ2) is 10.2. The normalized spacial score (nSPS) is 25.9. The Kier molecular flexibility index (Phi) is 7.24. The number of dihydropyridines is 1. The van der Waals surface area contributed by atoms with Gasteiger partial charge in [-0.25, -0.2) is 4.79 Å². The van der Waals surface area contributed by atoms with Gasteiger partial charge in [0.25, 0.3) is 0 Å². The second-order valence-electron chi connectivity index (χ2n) is 9.96. The molecule has 34 heavy (non-hydrogen) atoms. The van der Waals surface area contributed by atoms with Crippen molar-refractivity contribution in [2.75, 3.05) is 7.11 Å². The second-order valence-corrected chi connectivity index (χ2v) is 9.96. The summed E-state index contributed by atoms with van der Waals surface area (Å²) >= 11 is 0. The topological polar surface area (TPSA) is 81.7 Å². The van der Waals surface area contributed by atoms with Crippen LogP contribution in [-0.4, -0.2) is 30.9 Å². The van der Waals surface area contributed by atoms with E-state index in [4.69, 9.17) is 9.47 Å². The number of hydrogen-bond acceptors (Lipinski definition) is 6. The summed E-state index contributed by atoms with van der Waals surface area (Å²) in [4.78, 5) is 39.9. The van der Waals surface area contributed by atoms with Gasteiger partial charge in [0.2, 0.25) is 0 Å². The van der Waals surface area contributed by atoms with E-state index in [0.29, 0.717) is 23.3 Å². The number of aryl methyl sites for hydroxylation is 1. The van der Waals surface area contributed by atoms with Gasteiger partial charge in [-0.3, -0.25) is 9.59 Å². The van der Waals surface area contributed by atoms with Gasteiger partial charge in [-0.1, -0.05) is 49.6 Å². The number of hydrogen-bond donors (Lipinski definition) is 1. The van der Waals surface area contributed by atoms with E-state index < -0.39 is 17.8 Å². The number of allylic oxidation sites excluding steroid dienone is 3. The lowest BCUT2D eigenvalue weighted by Gasteiger charge is -2.38. The van der Waals surface area contributed by atoms with Crippen LogP contribution in [0.15, 0.2) is 46.8 Å². The molecule has 2 aliphatic carbocycles. The summed E-state index contributed by atoms with van der Waals surface area (Å²) in [6, 6.07) is 7.88. The first kappa shape index (κ1) is 24.2. The number of ketones is 1. The predicted octanol–water partition coefficient (Wildman–Crippen LogP) is 4.87. The molecule has 1 heterocycles. The molecule has 4 rings (SSSR count). The Morgan fingerprint density at radius 1 is 1.00 bits per heavy atom. The molecule has 1 aromatic carbocycles. The molecular formula is C28H35NO5. The molecule has 1 N–H and O–H groups in total. The van der Waals surface area contributed by atoms with E-state index in [-0.39, 0.29) is 23.8 Å². The van der Waals surface area contributed by atoms with Crippen LogP contribution >= 0.6 is 0 Å². The Balaban J connectivity index is 1.76. The van der Waals surface area contributed by atoms with Gasteiger partial charge in [0, 0.05) is 22.9 Å². The third-order valence-corrected chi connectivity index (χ3v) is 7.45. The van der Waals surface area contributed by atoms with E-state index in [2.05, 4.69) is 5.32 Å². The average molecular weight is 466 g/mol. The molecule has 0 amide bonds. The quantitative estimate of drug-likeness (QED) is 0.388. The van der Waals surface area contributed by atoms with E-state index >= 15 is 0 Å². The van der Waals surface area contributed by atoms with Crippen LogP contribution in [0.25, 0.3) is 0 Å². The first-order valence-corrected chi connectivity index (χ1v) is 12.4. The summed E-state index contributed by atoms with van der Waals surface area (Å²) in [7, 11) is 1.31. The van der Waals surface area contributed by atoms with E-state index in [0.717, 1.165) is 42.5 Å². The van der Waals surface area contributed by atoms with Crippen LogP contribution in [0.3, 0.4) is 0 Å². The fourth-order valence-corrected chi connectivity index (χ4v) is 5.62. The summed E-state index contributed by atoms with van der Waals surface area (Å²) in [6.07, 6.45) is 6.62. The molecule has 1 saturated carbocycles. The number of nitrogens with one attached hydrogen (secondary N) is 1. The standard InChI is InChI=1S/C28H35NO5/c1-16-11-13-19(14-12-16)24-23(28(32)34-20-9-7-5-6-8-10-20)18(3)29-21-15-17(2)22(27(31)33-4)26(30)25(21)24/h11-14,17,20,22,24,29H,5-10,15H2,1-4H3/t17-,22+,24-/m0/s1. The van der Waals surface area contributed by atoms with Crippen molar-refractivity contribution >= 4 is 17.7 Å². The third kappa shape index (κ3) is 4.68. The number of ether oxygens (including phenoxy) is 2. The molecular weight excluding hydrogens is 430 g/mol. The summed E-state index contributed by atoms with van der Waals surface area (Å²) in [6.45, 7) is 5.76. The minimum Gasteiger partial charge on any atom is -0.468 e. The third-order valence-electron chi connectivity index (χ3n) is 7.45. The average Bonchev–Trinajstić information content (AvgIpc) is 3.07. The number of rotatable bonds is 4. The lowest BCUT2D eigenvalue weighted by molar-refractivity contribution is -0.151. The summed E-state index contributed by atoms with van der Waals surface area (Å²) in [5.74, 6) is -2.84. The van der Waals surface area contributed by atoms with Gasteiger partial charge in [-0.2, -0.15) is 0 Å². The number of Topliss-reactive ketones (excluding diaryl/α,β-unsaturated/α-hetero) is 1. The van der Waals surface area contributed by atoms with E-state index in [1.165, 1.54) is 20.0 Å². The van der Waals surface area contributed by atoms with Crippen molar-refractivity contribution in [2.45, 2.75) is 77.7 Å². The number of methoxy groups -OCH3 is 1. The largest absolute Gasteiger partial charge is 0.468 e. The number of carbonyl (C=O) groups excluding carboxylic acids is 3. The molecule has 0 aromatic heterocycles. The molecule has 182 valence electrons. The van der Waals surface area contributed by atoms with Gasteiger partial charge in [0.15, 0.2) is 5.78 Å². The van der Waals surface area contributed by atoms with Gasteiger partial charge >= 0.3 is 11.9 Å². The molecule has 3 aliphatic rings. The maximum absolute atomic E-state index is 13.8. The number of carbonyl (C=O) groups is 3. The Bertz CT molecular complexity index is 1030. The van der Waals surface area contributed by atoms with Crippen molar-refractivity contribution in [3.05, 3.63) is 57.9 Å². The van der Waals surface area contributed by atoms with Crippen molar-refractivity contribution < 1.29 is 23.9 Å². The Hall–Kier alpha value is -2.89. The molecule has 0 unspecified atom stereocenters. The maximum atomic E-state index is 13.8. The lowest BCUT2D eigenvalue weighted by atomic mass is 9.69. The molecule has 1 aromatic rings. The fourth-order valence-electron chi connectivity index (χ4n) is 5.62. The van der Waals surface area contributed by atoms with Crippen molar-refractivity contribution in [3.8, 4) is 0 Å². The highest BCUT2D eigenvalue weighted by atomic mass is 16.5. The molecule has 0 spiro atoms. The van der Waals surface area contributed by atoms with Crippen LogP contribution < -0.4 is 5.32 Å². The first-order chi connectivity index (χ1) is 16.3. The Morgan fingerprint density at radius 3 is 2.26 bits per heavy atom. The van der Waals surface area contributed by atoms with Crippen molar-refractivity contribution in [1.29, 1.82) is 0 Å². The van der Waals surface area contributed by atoms with Gasteiger partial charge in [-0.15, -0.1) is 0 Å². The molecule has 1 fully saturated rings. The van der Waals surface area contributed by atoms with E-state index in [9.17, 15) is 14.4 Å². The maximum Gasteiger partial charge on any atom is 0.337 e. The van der Waals surface area contributed by atoms with Crippen LogP contribution in [-0.2, 0) is 23.9 Å². The SMILES string of the molecule is COC(=O)[C@H]1C(=O)C2=C(C[C@@H]1C)NC(C)=C(C(=O)OC1CCCCCC1)[C@@H]2c1ccc(C)cc1. The zero-order valence-corrected chi connectivity index (χ0v) is 20.6. The highest BCUT2D eigenvalue weighted by Crippen LogP contribution is 2.45. The molecule has 0 radical (unpaired) electrons. The van der Waals surface area contributed by atoms with Crippen LogP contribution in [0.1, 0.15) is 75.8 Å². The van der Waals surface area contributed by atoms with Gasteiger partial charge < -0.3 is 14.8 Å². The predicted molar refractivity (Wildman–Crippen MR) is 129 cm³/mol. The number of benzene rings is 1. The number of esters is 2. The Morgan fingerprint density at radius 2 is 1.65 bits per heavy atom. The zero-order valence-electron chi connectivity index (χ0n) is 20.6. The van der Waals surface area contributed by atoms with Crippen LogP contribution in [0.4, 0.5) is 0 Å². The molecule has 0 bridgehead atoms. The van der Waals surface area contributed by atoms with Crippen molar-refractivity contribution in [2.24, 2.45) is 11.8 Å². The van der Waals surface area contributed by atoms with E-state index in [1.54, 1.807) is 0 Å². The highest BCUT2D eigenvalue weighted by molar-refractivity contribution is 6.12. The van der Waals surface area contributed by atoms with Gasteiger partial charge in [-0.05, 0) is 57.4 Å². The molecule has 1 aliphatic heterocycles. The van der Waals surface area contributed by atoms with Crippen LogP contribution in [0.2, 0.25) is 0 Å². The van der Waals surface area contributed by atoms with Crippen molar-refractivity contribution in [1.82, 2.24) is 5.32 Å². The summed E-state index contributed by atoms with van der Waals surface area (Å²) < 4.78 is 11.0. The highest BCUT2D eigenvalue weighted by Gasteiger charge is 2.47. The molecule has 6 nitrogen and oxygen atoms in total. The van der Waals surface area contributed by atoms with E-state index in [1.807, 2.05) is 45.0 Å². The van der Waals surface area contributed by atoms with Gasteiger partial charge in [0.1, 0.15) is 12.0 Å². The van der Waals surface area contributed by atoms with Crippen LogP contribution in [0, 0.1) is 18.8 Å². The minimum absolute atomic E-state index is 0.103. The van der Waals surface area contributed by atoms with Gasteiger partial charge in [0.05, 0.1) is 12.7 Å². The monoisotopic (exact) mass is 465 g/mol. The smallest absolute Gasteiger partial charge is 0.337 e. The summed E-state index contributed by atoms with van der Waals surface area (Å²) in [5, 5.41) is 3.33. The summed E-state index contributed by atoms with van der Waals surface area (Å²) in [5.41, 5.74) is 4.37. The fraction of sp³-hybridized carbons (Fsp3) is 0.536.